The van der Waals surface area contributed by atoms with E-state index < -0.39 is 0 Å². The van der Waals surface area contributed by atoms with Gasteiger partial charge in [-0.1, -0.05) is 194 Å². The topological polar surface area (TPSA) is 24.5 Å². The fraction of sp³-hybridized carbons (Fsp3) is 0.0164. The molecule has 0 aliphatic carbocycles. The summed E-state index contributed by atoms with van der Waals surface area (Å²) < 4.78 is 6.63. The highest BCUT2D eigenvalue weighted by Gasteiger charge is 2.26. The van der Waals surface area contributed by atoms with Crippen LogP contribution in [0.5, 0.6) is 5.75 Å². The molecular formula is C61H42N2O. The van der Waals surface area contributed by atoms with E-state index in [1.54, 1.807) is 0 Å². The van der Waals surface area contributed by atoms with Gasteiger partial charge in [-0.2, -0.15) is 0 Å². The van der Waals surface area contributed by atoms with Crippen molar-refractivity contribution in [1.82, 2.24) is 0 Å². The molecule has 0 saturated carbocycles. The molecule has 11 aromatic carbocycles. The second-order valence-electron chi connectivity index (χ2n) is 16.5. The lowest BCUT2D eigenvalue weighted by Crippen LogP contribution is -2.10. The van der Waals surface area contributed by atoms with Gasteiger partial charge in [-0.05, 0) is 120 Å². The third kappa shape index (κ3) is 6.72. The molecule has 1 N–H and O–H groups in total. The molecule has 1 atom stereocenters. The van der Waals surface area contributed by atoms with Crippen LogP contribution in [0.25, 0.3) is 76.8 Å². The van der Waals surface area contributed by atoms with E-state index in [1.807, 2.05) is 6.07 Å². The Balaban J connectivity index is 0.884. The number of ether oxygens (including phenoxy) is 1. The first kappa shape index (κ1) is 37.4. The second kappa shape index (κ2) is 15.8. The highest BCUT2D eigenvalue weighted by molar-refractivity contribution is 6.14. The van der Waals surface area contributed by atoms with Crippen LogP contribution in [-0.2, 0) is 0 Å². The van der Waals surface area contributed by atoms with Crippen molar-refractivity contribution in [2.24, 2.45) is 0 Å². The smallest absolute Gasteiger partial charge is 0.196 e. The summed E-state index contributed by atoms with van der Waals surface area (Å²) in [4.78, 5) is 2.36. The molecule has 1 aliphatic heterocycles. The number of nitrogens with one attached hydrogen (secondary N) is 1. The number of fused-ring (bicyclic) bond motifs is 6. The zero-order valence-corrected chi connectivity index (χ0v) is 35.0. The minimum Gasteiger partial charge on any atom is -0.464 e. The van der Waals surface area contributed by atoms with Gasteiger partial charge in [-0.15, -0.1) is 0 Å². The van der Waals surface area contributed by atoms with E-state index in [-0.39, 0.29) is 6.23 Å². The molecule has 0 amide bonds. The van der Waals surface area contributed by atoms with Crippen LogP contribution >= 0.6 is 0 Å². The van der Waals surface area contributed by atoms with Crippen LogP contribution in [0, 0.1) is 0 Å². The van der Waals surface area contributed by atoms with Gasteiger partial charge in [0.05, 0.1) is 5.69 Å². The lowest BCUT2D eigenvalue weighted by Gasteiger charge is -2.26. The first-order chi connectivity index (χ1) is 31.7. The summed E-state index contributed by atoms with van der Waals surface area (Å²) in [6.07, 6.45) is -0.223. The van der Waals surface area contributed by atoms with Gasteiger partial charge in [0.25, 0.3) is 0 Å². The summed E-state index contributed by atoms with van der Waals surface area (Å²) in [6.45, 7) is 0. The zero-order valence-electron chi connectivity index (χ0n) is 35.0. The Hall–Kier alpha value is -8.40. The summed E-state index contributed by atoms with van der Waals surface area (Å²) >= 11 is 0. The van der Waals surface area contributed by atoms with Crippen molar-refractivity contribution >= 4 is 55.1 Å². The van der Waals surface area contributed by atoms with Crippen LogP contribution in [0.15, 0.2) is 243 Å². The molecule has 302 valence electrons. The summed E-state index contributed by atoms with van der Waals surface area (Å²) in [5, 5.41) is 10.9. The van der Waals surface area contributed by atoms with E-state index in [0.717, 1.165) is 67.1 Å². The van der Waals surface area contributed by atoms with E-state index in [4.69, 9.17) is 4.74 Å². The number of nitrogens with zero attached hydrogens (tertiary/aromatic N) is 1. The largest absolute Gasteiger partial charge is 0.464 e. The highest BCUT2D eigenvalue weighted by atomic mass is 16.5. The Bertz CT molecular complexity index is 3470. The fourth-order valence-electron chi connectivity index (χ4n) is 9.52. The Morgan fingerprint density at radius 2 is 0.891 bits per heavy atom. The summed E-state index contributed by atoms with van der Waals surface area (Å²) in [7, 11) is 0. The van der Waals surface area contributed by atoms with E-state index in [2.05, 4.69) is 247 Å². The van der Waals surface area contributed by atoms with Gasteiger partial charge in [0.2, 0.25) is 0 Å². The maximum Gasteiger partial charge on any atom is 0.196 e. The maximum absolute atomic E-state index is 6.63. The predicted octanol–water partition coefficient (Wildman–Crippen LogP) is 16.8. The molecule has 0 spiro atoms. The molecule has 0 saturated heterocycles. The molecule has 3 nitrogen and oxygen atoms in total. The average molecular weight is 819 g/mol. The summed E-state index contributed by atoms with van der Waals surface area (Å²) in [5.74, 6) is 0.900. The Morgan fingerprint density at radius 1 is 0.344 bits per heavy atom. The molecule has 0 aromatic heterocycles. The third-order valence-corrected chi connectivity index (χ3v) is 12.7. The van der Waals surface area contributed by atoms with Gasteiger partial charge in [0.1, 0.15) is 0 Å². The molecule has 12 rings (SSSR count). The first-order valence-electron chi connectivity index (χ1n) is 21.9. The van der Waals surface area contributed by atoms with Crippen LogP contribution in [0.4, 0.5) is 22.7 Å². The van der Waals surface area contributed by atoms with Crippen molar-refractivity contribution in [3.63, 3.8) is 0 Å². The van der Waals surface area contributed by atoms with Crippen molar-refractivity contribution in [3.8, 4) is 50.3 Å². The van der Waals surface area contributed by atoms with Gasteiger partial charge in [-0.25, -0.2) is 0 Å². The van der Waals surface area contributed by atoms with Crippen LogP contribution in [0.2, 0.25) is 0 Å². The lowest BCUT2D eigenvalue weighted by atomic mass is 9.93. The highest BCUT2D eigenvalue weighted by Crippen LogP contribution is 2.47. The van der Waals surface area contributed by atoms with Crippen molar-refractivity contribution in [3.05, 3.63) is 248 Å². The molecule has 0 bridgehead atoms. The SMILES string of the molecule is c1ccc(-c2cccc(N(c3ccc(-c4ccc(-c5cccc6ccc7c(c56)OC(c5ccccc5)N7)cc4)cc3)c3ccc(-c4cc5ccccc5c5ccccc45)cc3)c2)cc1. The lowest BCUT2D eigenvalue weighted by molar-refractivity contribution is 0.262. The van der Waals surface area contributed by atoms with Crippen LogP contribution < -0.4 is 15.0 Å². The number of hydrogen-bond acceptors (Lipinski definition) is 3. The van der Waals surface area contributed by atoms with Crippen LogP contribution in [0.3, 0.4) is 0 Å². The Labute approximate surface area is 373 Å². The number of rotatable bonds is 8. The standard InChI is InChI=1S/C61H42N2O/c1-3-13-41(14-4-1)48-19-11-20-52(39-48)63(51-36-31-45(32-37-51)57-40-49-17-7-8-21-53(49)55-22-9-10-23-56(55)57)50-34-29-43(30-35-50)42-25-27-44(28-26-42)54-24-12-18-46-33-38-58-60(59(46)54)64-61(62-58)47-15-5-2-6-16-47/h1-40,61-62H. The van der Waals surface area contributed by atoms with Crippen molar-refractivity contribution in [1.29, 1.82) is 0 Å². The molecule has 11 aromatic rings. The third-order valence-electron chi connectivity index (χ3n) is 12.7. The van der Waals surface area contributed by atoms with Gasteiger partial charge >= 0.3 is 0 Å². The predicted molar refractivity (Wildman–Crippen MR) is 269 cm³/mol. The van der Waals surface area contributed by atoms with Gasteiger partial charge in [-0.3, -0.25) is 0 Å². The first-order valence-corrected chi connectivity index (χ1v) is 21.9. The van der Waals surface area contributed by atoms with Crippen molar-refractivity contribution in [2.45, 2.75) is 6.23 Å². The minimum absolute atomic E-state index is 0.223. The van der Waals surface area contributed by atoms with E-state index >= 15 is 0 Å². The second-order valence-corrected chi connectivity index (χ2v) is 16.5. The molecule has 3 heteroatoms. The molecule has 1 heterocycles. The summed E-state index contributed by atoms with van der Waals surface area (Å²) in [5.41, 5.74) is 14.8. The van der Waals surface area contributed by atoms with E-state index in [1.165, 1.54) is 43.8 Å². The normalized spacial score (nSPS) is 13.1. The van der Waals surface area contributed by atoms with E-state index in [9.17, 15) is 0 Å². The molecule has 0 fully saturated rings. The van der Waals surface area contributed by atoms with Gasteiger partial charge < -0.3 is 15.0 Å². The Kier molecular flexibility index (Phi) is 9.23. The van der Waals surface area contributed by atoms with Crippen LogP contribution in [0.1, 0.15) is 11.8 Å². The molecule has 1 aliphatic rings. The van der Waals surface area contributed by atoms with Crippen LogP contribution in [-0.4, -0.2) is 0 Å². The molecule has 1 unspecified atom stereocenters. The molecular weight excluding hydrogens is 777 g/mol. The molecule has 0 radical (unpaired) electrons. The summed E-state index contributed by atoms with van der Waals surface area (Å²) in [6, 6.07) is 87.3. The Morgan fingerprint density at radius 3 is 1.64 bits per heavy atom. The number of hydrogen-bond donors (Lipinski definition) is 1. The van der Waals surface area contributed by atoms with Gasteiger partial charge in [0, 0.05) is 28.0 Å². The van der Waals surface area contributed by atoms with Crippen molar-refractivity contribution < 1.29 is 4.74 Å². The monoisotopic (exact) mass is 818 g/mol. The maximum atomic E-state index is 6.63. The minimum atomic E-state index is -0.223. The zero-order chi connectivity index (χ0) is 42.4. The average Bonchev–Trinajstić information content (AvgIpc) is 3.83. The quantitative estimate of drug-likeness (QED) is 0.155. The fourth-order valence-corrected chi connectivity index (χ4v) is 9.52. The number of anilines is 4. The van der Waals surface area contributed by atoms with Crippen molar-refractivity contribution in [2.75, 3.05) is 10.2 Å². The van der Waals surface area contributed by atoms with E-state index in [0.29, 0.717) is 0 Å². The molecule has 64 heavy (non-hydrogen) atoms. The van der Waals surface area contributed by atoms with Gasteiger partial charge in [0.15, 0.2) is 12.0 Å². The number of benzene rings is 11.